The van der Waals surface area contributed by atoms with Crippen molar-refractivity contribution < 1.29 is 0 Å². The highest BCUT2D eigenvalue weighted by atomic mass is 15.2. The summed E-state index contributed by atoms with van der Waals surface area (Å²) in [6.45, 7) is 10.7. The van der Waals surface area contributed by atoms with Crippen LogP contribution in [0.25, 0.3) is 16.6 Å². The maximum Gasteiger partial charge on any atom is 0.151 e. The minimum atomic E-state index is 0.440. The highest BCUT2D eigenvalue weighted by Crippen LogP contribution is 2.30. The number of nitrogens with zero attached hydrogens (tertiary/aromatic N) is 5. The number of pyridine rings is 1. The topological polar surface area (TPSA) is 81.0 Å². The first-order chi connectivity index (χ1) is 15.0. The van der Waals surface area contributed by atoms with Crippen LogP contribution in [0.1, 0.15) is 50.1 Å². The number of rotatable bonds is 6. The Morgan fingerprint density at radius 3 is 2.61 bits per heavy atom. The van der Waals surface area contributed by atoms with Gasteiger partial charge in [-0.25, -0.2) is 9.97 Å². The number of likely N-dealkylation sites (tertiary alicyclic amines) is 1. The van der Waals surface area contributed by atoms with Crippen molar-refractivity contribution in [3.05, 3.63) is 29.3 Å². The van der Waals surface area contributed by atoms with Gasteiger partial charge in [0.2, 0.25) is 0 Å². The van der Waals surface area contributed by atoms with Crippen molar-refractivity contribution in [2.45, 2.75) is 52.5 Å². The van der Waals surface area contributed by atoms with Crippen LogP contribution in [-0.4, -0.2) is 65.3 Å². The van der Waals surface area contributed by atoms with E-state index in [2.05, 4.69) is 41.0 Å². The second-order valence-corrected chi connectivity index (χ2v) is 9.13. The molecule has 0 bridgehead atoms. The average Bonchev–Trinajstić information content (AvgIpc) is 3.22. The summed E-state index contributed by atoms with van der Waals surface area (Å²) >= 11 is 0. The van der Waals surface area contributed by atoms with Crippen LogP contribution in [0, 0.1) is 18.3 Å². The molecule has 31 heavy (non-hydrogen) atoms. The molecule has 1 atom stereocenters. The van der Waals surface area contributed by atoms with E-state index in [1.807, 2.05) is 19.3 Å². The number of hydrogen-bond donors (Lipinski definition) is 2. The molecule has 166 valence electrons. The third-order valence-corrected chi connectivity index (χ3v) is 6.65. The van der Waals surface area contributed by atoms with Crippen LogP contribution in [0.15, 0.2) is 12.4 Å². The molecule has 0 saturated carbocycles. The summed E-state index contributed by atoms with van der Waals surface area (Å²) in [6.07, 6.45) is 9.49. The van der Waals surface area contributed by atoms with Gasteiger partial charge in [-0.2, -0.15) is 0 Å². The number of aryl methyl sites for hydroxylation is 2. The lowest BCUT2D eigenvalue weighted by atomic mass is 10.0. The smallest absolute Gasteiger partial charge is 0.151 e. The molecule has 2 aromatic heterocycles. The maximum atomic E-state index is 8.07. The molecule has 7 heteroatoms. The highest BCUT2D eigenvalue weighted by molar-refractivity contribution is 6.12. The van der Waals surface area contributed by atoms with Gasteiger partial charge < -0.3 is 20.5 Å². The normalized spacial score (nSPS) is 21.1. The van der Waals surface area contributed by atoms with Crippen molar-refractivity contribution in [3.8, 4) is 0 Å². The number of allylic oxidation sites excluding steroid dienone is 1. The van der Waals surface area contributed by atoms with Gasteiger partial charge in [-0.1, -0.05) is 13.8 Å². The molecular formula is C24H35N7. The fraction of sp³-hybridized carbons (Fsp3) is 0.583. The molecule has 2 aromatic rings. The SMILES string of the molecule is CCc1nc2c(C)ncc(/C(C=N)=C/NC3CCN(C)CC3)c2nc1N1CCC(C)C1. The van der Waals surface area contributed by atoms with Crippen molar-refractivity contribution >= 4 is 28.6 Å². The predicted molar refractivity (Wildman–Crippen MR) is 128 cm³/mol. The zero-order valence-electron chi connectivity index (χ0n) is 19.3. The van der Waals surface area contributed by atoms with E-state index in [0.29, 0.717) is 12.0 Å². The van der Waals surface area contributed by atoms with Crippen LogP contribution in [0.4, 0.5) is 5.82 Å². The lowest BCUT2D eigenvalue weighted by molar-refractivity contribution is 0.244. The molecule has 0 aromatic carbocycles. The molecule has 4 rings (SSSR count). The second kappa shape index (κ2) is 9.30. The Morgan fingerprint density at radius 2 is 1.97 bits per heavy atom. The first-order valence-electron chi connectivity index (χ1n) is 11.6. The number of fused-ring (bicyclic) bond motifs is 1. The Kier molecular flexibility index (Phi) is 6.51. The summed E-state index contributed by atoms with van der Waals surface area (Å²) in [4.78, 5) is 19.5. The molecule has 2 fully saturated rings. The quantitative estimate of drug-likeness (QED) is 0.696. The third kappa shape index (κ3) is 4.56. The van der Waals surface area contributed by atoms with Crippen LogP contribution in [-0.2, 0) is 6.42 Å². The minimum Gasteiger partial charge on any atom is -0.388 e. The molecule has 0 aliphatic carbocycles. The lowest BCUT2D eigenvalue weighted by Gasteiger charge is -2.29. The van der Waals surface area contributed by atoms with Gasteiger partial charge in [-0.15, -0.1) is 0 Å². The summed E-state index contributed by atoms with van der Waals surface area (Å²) in [5, 5.41) is 11.6. The summed E-state index contributed by atoms with van der Waals surface area (Å²) < 4.78 is 0. The standard InChI is InChI=1S/C24H35N7/c1-5-21-24(31-11-6-16(2)15-31)29-23-20(14-26-17(3)22(23)28-21)18(12-25)13-27-19-7-9-30(4)10-8-19/h12-14,16,19,25,27H,5-11,15H2,1-4H3/b18-13+,25-12?. The molecule has 4 heterocycles. The summed E-state index contributed by atoms with van der Waals surface area (Å²) in [6, 6.07) is 0.440. The van der Waals surface area contributed by atoms with Crippen LogP contribution in [0.5, 0.6) is 0 Å². The maximum absolute atomic E-state index is 8.07. The predicted octanol–water partition coefficient (Wildman–Crippen LogP) is 3.42. The average molecular weight is 422 g/mol. The van der Waals surface area contributed by atoms with Gasteiger partial charge in [0.25, 0.3) is 0 Å². The van der Waals surface area contributed by atoms with Gasteiger partial charge in [-0.05, 0) is 58.7 Å². The van der Waals surface area contributed by atoms with Gasteiger partial charge in [-0.3, -0.25) is 4.98 Å². The van der Waals surface area contributed by atoms with E-state index < -0.39 is 0 Å². The van der Waals surface area contributed by atoms with E-state index in [1.165, 1.54) is 12.6 Å². The Hall–Kier alpha value is -2.54. The summed E-state index contributed by atoms with van der Waals surface area (Å²) in [5.74, 6) is 1.68. The first-order valence-corrected chi connectivity index (χ1v) is 11.6. The van der Waals surface area contributed by atoms with E-state index in [9.17, 15) is 0 Å². The van der Waals surface area contributed by atoms with Crippen molar-refractivity contribution in [1.82, 2.24) is 25.2 Å². The van der Waals surface area contributed by atoms with E-state index in [0.717, 1.165) is 84.8 Å². The fourth-order valence-corrected chi connectivity index (χ4v) is 4.59. The van der Waals surface area contributed by atoms with Crippen molar-refractivity contribution in [1.29, 1.82) is 5.41 Å². The van der Waals surface area contributed by atoms with Crippen LogP contribution in [0.2, 0.25) is 0 Å². The second-order valence-electron chi connectivity index (χ2n) is 9.13. The summed E-state index contributed by atoms with van der Waals surface area (Å²) in [5.41, 5.74) is 5.29. The molecule has 0 radical (unpaired) electrons. The Bertz CT molecular complexity index is 976. The Balaban J connectivity index is 1.73. The third-order valence-electron chi connectivity index (χ3n) is 6.65. The fourth-order valence-electron chi connectivity index (χ4n) is 4.59. The van der Waals surface area contributed by atoms with E-state index in [4.69, 9.17) is 15.4 Å². The van der Waals surface area contributed by atoms with Crippen LogP contribution < -0.4 is 10.2 Å². The van der Waals surface area contributed by atoms with Crippen molar-refractivity contribution in [2.75, 3.05) is 38.1 Å². The van der Waals surface area contributed by atoms with E-state index >= 15 is 0 Å². The van der Waals surface area contributed by atoms with Gasteiger partial charge in [0.1, 0.15) is 11.0 Å². The number of aromatic nitrogens is 3. The molecule has 2 aliphatic heterocycles. The Morgan fingerprint density at radius 1 is 1.19 bits per heavy atom. The van der Waals surface area contributed by atoms with Crippen LogP contribution >= 0.6 is 0 Å². The lowest BCUT2D eigenvalue weighted by Crippen LogP contribution is -2.38. The molecule has 2 aliphatic rings. The van der Waals surface area contributed by atoms with Gasteiger partial charge >= 0.3 is 0 Å². The van der Waals surface area contributed by atoms with Gasteiger partial charge in [0.05, 0.1) is 11.4 Å². The summed E-state index contributed by atoms with van der Waals surface area (Å²) in [7, 11) is 2.17. The number of hydrogen-bond acceptors (Lipinski definition) is 7. The minimum absolute atomic E-state index is 0.440. The molecule has 0 spiro atoms. The van der Waals surface area contributed by atoms with Crippen LogP contribution in [0.3, 0.4) is 0 Å². The Labute approximate surface area is 185 Å². The molecule has 7 nitrogen and oxygen atoms in total. The zero-order chi connectivity index (χ0) is 22.0. The zero-order valence-corrected chi connectivity index (χ0v) is 19.3. The number of anilines is 1. The van der Waals surface area contributed by atoms with Crippen molar-refractivity contribution in [3.63, 3.8) is 0 Å². The van der Waals surface area contributed by atoms with Gasteiger partial charge in [0, 0.05) is 48.9 Å². The number of nitrogens with one attached hydrogen (secondary N) is 2. The largest absolute Gasteiger partial charge is 0.388 e. The molecule has 2 saturated heterocycles. The van der Waals surface area contributed by atoms with E-state index in [-0.39, 0.29) is 0 Å². The van der Waals surface area contributed by atoms with Crippen molar-refractivity contribution in [2.24, 2.45) is 5.92 Å². The van der Waals surface area contributed by atoms with Gasteiger partial charge in [0.15, 0.2) is 5.82 Å². The first kappa shape index (κ1) is 21.7. The van der Waals surface area contributed by atoms with E-state index in [1.54, 1.807) is 0 Å². The molecular weight excluding hydrogens is 386 g/mol. The number of piperidine rings is 1. The molecule has 1 unspecified atom stereocenters. The highest BCUT2D eigenvalue weighted by Gasteiger charge is 2.24. The monoisotopic (exact) mass is 421 g/mol. The molecule has 2 N–H and O–H groups in total. The molecule has 0 amide bonds.